The van der Waals surface area contributed by atoms with E-state index in [-0.39, 0.29) is 0 Å². The zero-order chi connectivity index (χ0) is 24.9. The smallest absolute Gasteiger partial charge is 0.338 e. The molecule has 0 saturated carbocycles. The third kappa shape index (κ3) is 5.23. The third-order valence-electron chi connectivity index (χ3n) is 5.20. The number of nitrogens with one attached hydrogen (secondary N) is 2. The lowest BCUT2D eigenvalue weighted by molar-refractivity contribution is -0.119. The lowest BCUT2D eigenvalue weighted by atomic mass is 10.2. The van der Waals surface area contributed by atoms with Crippen LogP contribution in [0.25, 0.3) is 33.7 Å². The number of aromatic amines is 1. The van der Waals surface area contributed by atoms with Crippen LogP contribution in [0.2, 0.25) is 0 Å². The predicted octanol–water partition coefficient (Wildman–Crippen LogP) is 4.94. The Bertz CT molecular complexity index is 1510. The molecule has 0 radical (unpaired) electrons. The first-order chi connectivity index (χ1) is 17.6. The Kier molecular flexibility index (Phi) is 6.67. The number of rotatable bonds is 8. The number of ether oxygens (including phenoxy) is 2. The normalized spacial score (nSPS) is 10.8. The second-order valence-electron chi connectivity index (χ2n) is 7.68. The van der Waals surface area contributed by atoms with E-state index in [2.05, 4.69) is 25.3 Å². The van der Waals surface area contributed by atoms with Gasteiger partial charge in [0.15, 0.2) is 11.7 Å². The van der Waals surface area contributed by atoms with Crippen LogP contribution in [-0.4, -0.2) is 45.0 Å². The van der Waals surface area contributed by atoms with Crippen molar-refractivity contribution in [2.45, 2.75) is 6.92 Å². The minimum atomic E-state index is -0.612. The maximum absolute atomic E-state index is 12.5. The van der Waals surface area contributed by atoms with Crippen LogP contribution in [0.5, 0.6) is 5.75 Å². The van der Waals surface area contributed by atoms with Crippen LogP contribution in [0.1, 0.15) is 17.3 Å². The van der Waals surface area contributed by atoms with Gasteiger partial charge in [-0.25, -0.2) is 14.8 Å². The van der Waals surface area contributed by atoms with Crippen LogP contribution in [0.4, 0.5) is 5.13 Å². The van der Waals surface area contributed by atoms with Gasteiger partial charge in [-0.05, 0) is 61.5 Å². The molecule has 0 aliphatic carbocycles. The fraction of sp³-hybridized carbons (Fsp3) is 0.115. The Morgan fingerprint density at radius 1 is 1.06 bits per heavy atom. The van der Waals surface area contributed by atoms with Gasteiger partial charge >= 0.3 is 5.97 Å². The molecule has 2 N–H and O–H groups in total. The number of carbonyl (C=O) groups is 2. The summed E-state index contributed by atoms with van der Waals surface area (Å²) in [6.07, 6.45) is 3.39. The van der Waals surface area contributed by atoms with E-state index in [9.17, 15) is 9.59 Å². The van der Waals surface area contributed by atoms with Crippen LogP contribution in [-0.2, 0) is 9.53 Å². The molecule has 0 unspecified atom stereocenters. The number of anilines is 1. The molecule has 5 aromatic rings. The zero-order valence-corrected chi connectivity index (χ0v) is 20.0. The highest BCUT2D eigenvalue weighted by Crippen LogP contribution is 2.26. The van der Waals surface area contributed by atoms with E-state index in [1.165, 1.54) is 11.3 Å². The molecule has 0 aliphatic heterocycles. The van der Waals surface area contributed by atoms with Gasteiger partial charge in [-0.2, -0.15) is 0 Å². The Labute approximate surface area is 210 Å². The summed E-state index contributed by atoms with van der Waals surface area (Å²) in [4.78, 5) is 41.1. The number of thiazole rings is 1. The van der Waals surface area contributed by atoms with E-state index in [4.69, 9.17) is 9.47 Å². The SMILES string of the molecule is CCOc1ccc(-c2csc(NC(=O)COC(=O)c3ccc4nc(-c5cccnc5)[nH]c4c3)n2)cc1. The van der Waals surface area contributed by atoms with Crippen molar-refractivity contribution < 1.29 is 19.1 Å². The lowest BCUT2D eigenvalue weighted by Crippen LogP contribution is -2.20. The fourth-order valence-corrected chi connectivity index (χ4v) is 4.23. The number of pyridine rings is 1. The summed E-state index contributed by atoms with van der Waals surface area (Å²) >= 11 is 1.29. The first-order valence-electron chi connectivity index (χ1n) is 11.1. The lowest BCUT2D eigenvalue weighted by Gasteiger charge is -2.05. The monoisotopic (exact) mass is 499 g/mol. The summed E-state index contributed by atoms with van der Waals surface area (Å²) in [5, 5.41) is 4.93. The molecule has 0 fully saturated rings. The van der Waals surface area contributed by atoms with E-state index in [1.807, 2.05) is 48.7 Å². The van der Waals surface area contributed by atoms with Crippen LogP contribution in [0.15, 0.2) is 72.4 Å². The predicted molar refractivity (Wildman–Crippen MR) is 137 cm³/mol. The van der Waals surface area contributed by atoms with E-state index >= 15 is 0 Å². The number of H-pyrrole nitrogens is 1. The van der Waals surface area contributed by atoms with Gasteiger partial charge in [-0.15, -0.1) is 11.3 Å². The van der Waals surface area contributed by atoms with E-state index in [0.29, 0.717) is 34.2 Å². The molecular weight excluding hydrogens is 478 g/mol. The topological polar surface area (TPSA) is 119 Å². The Morgan fingerprint density at radius 2 is 1.92 bits per heavy atom. The molecule has 9 nitrogen and oxygen atoms in total. The molecule has 10 heteroatoms. The quantitative estimate of drug-likeness (QED) is 0.290. The molecule has 0 aliphatic rings. The van der Waals surface area contributed by atoms with Gasteiger partial charge in [0, 0.05) is 28.9 Å². The zero-order valence-electron chi connectivity index (χ0n) is 19.2. The van der Waals surface area contributed by atoms with E-state index in [1.54, 1.807) is 30.6 Å². The summed E-state index contributed by atoms with van der Waals surface area (Å²) in [5.74, 6) is 0.347. The number of aromatic nitrogens is 4. The van der Waals surface area contributed by atoms with Crippen LogP contribution < -0.4 is 10.1 Å². The van der Waals surface area contributed by atoms with Crippen molar-refractivity contribution in [1.82, 2.24) is 19.9 Å². The second-order valence-corrected chi connectivity index (χ2v) is 8.54. The van der Waals surface area contributed by atoms with Crippen LogP contribution >= 0.6 is 11.3 Å². The van der Waals surface area contributed by atoms with Gasteiger partial charge in [0.1, 0.15) is 11.6 Å². The number of amides is 1. The standard InChI is InChI=1S/C26H21N5O4S/c1-2-34-19-8-5-16(6-9-19)22-15-36-26(30-22)31-23(32)14-35-25(33)17-7-10-20-21(12-17)29-24(28-20)18-4-3-11-27-13-18/h3-13,15H,2,14H2,1H3,(H,28,29)(H,30,31,32). The van der Waals surface area contributed by atoms with Crippen molar-refractivity contribution >= 4 is 39.4 Å². The maximum atomic E-state index is 12.5. The Hall–Kier alpha value is -4.57. The van der Waals surface area contributed by atoms with Crippen molar-refractivity contribution in [3.8, 4) is 28.4 Å². The molecule has 0 saturated heterocycles. The van der Waals surface area contributed by atoms with Crippen molar-refractivity contribution in [2.75, 3.05) is 18.5 Å². The van der Waals surface area contributed by atoms with Crippen LogP contribution in [0, 0.1) is 0 Å². The molecule has 0 bridgehead atoms. The first-order valence-corrected chi connectivity index (χ1v) is 12.0. The molecule has 0 atom stereocenters. The molecule has 1 amide bonds. The highest BCUT2D eigenvalue weighted by Gasteiger charge is 2.14. The fourth-order valence-electron chi connectivity index (χ4n) is 3.50. The molecule has 0 spiro atoms. The molecule has 36 heavy (non-hydrogen) atoms. The molecule has 2 aromatic carbocycles. The third-order valence-corrected chi connectivity index (χ3v) is 5.96. The summed E-state index contributed by atoms with van der Waals surface area (Å²) in [5.41, 5.74) is 4.16. The minimum absolute atomic E-state index is 0.309. The van der Waals surface area contributed by atoms with Crippen molar-refractivity contribution in [3.63, 3.8) is 0 Å². The number of nitrogens with zero attached hydrogens (tertiary/aromatic N) is 3. The molecule has 5 rings (SSSR count). The van der Waals surface area contributed by atoms with Gasteiger partial charge in [0.2, 0.25) is 0 Å². The maximum Gasteiger partial charge on any atom is 0.338 e. The Balaban J connectivity index is 1.18. The van der Waals surface area contributed by atoms with Crippen molar-refractivity contribution in [2.24, 2.45) is 0 Å². The molecule has 180 valence electrons. The Morgan fingerprint density at radius 3 is 2.69 bits per heavy atom. The molecular formula is C26H21N5O4S. The second kappa shape index (κ2) is 10.4. The van der Waals surface area contributed by atoms with E-state index < -0.39 is 18.5 Å². The van der Waals surface area contributed by atoms with Gasteiger partial charge in [0.25, 0.3) is 5.91 Å². The largest absolute Gasteiger partial charge is 0.494 e. The van der Waals surface area contributed by atoms with E-state index in [0.717, 1.165) is 22.6 Å². The van der Waals surface area contributed by atoms with Crippen molar-refractivity contribution in [3.05, 3.63) is 77.9 Å². The minimum Gasteiger partial charge on any atom is -0.494 e. The summed E-state index contributed by atoms with van der Waals surface area (Å²) in [7, 11) is 0. The average molecular weight is 500 g/mol. The first kappa shape index (κ1) is 23.2. The average Bonchev–Trinajstić information content (AvgIpc) is 3.55. The van der Waals surface area contributed by atoms with Gasteiger partial charge < -0.3 is 14.5 Å². The number of imidazole rings is 1. The van der Waals surface area contributed by atoms with Gasteiger partial charge in [0.05, 0.1) is 28.9 Å². The van der Waals surface area contributed by atoms with Gasteiger partial charge in [-0.3, -0.25) is 15.1 Å². The van der Waals surface area contributed by atoms with Crippen molar-refractivity contribution in [1.29, 1.82) is 0 Å². The highest BCUT2D eigenvalue weighted by molar-refractivity contribution is 7.14. The summed E-state index contributed by atoms with van der Waals surface area (Å²) < 4.78 is 10.6. The summed E-state index contributed by atoms with van der Waals surface area (Å²) in [6.45, 7) is 2.10. The highest BCUT2D eigenvalue weighted by atomic mass is 32.1. The molecule has 3 aromatic heterocycles. The van der Waals surface area contributed by atoms with Crippen LogP contribution in [0.3, 0.4) is 0 Å². The number of fused-ring (bicyclic) bond motifs is 1. The van der Waals surface area contributed by atoms with Gasteiger partial charge in [-0.1, -0.05) is 0 Å². The number of benzene rings is 2. The summed E-state index contributed by atoms with van der Waals surface area (Å²) in [6, 6.07) is 16.2. The number of hydrogen-bond donors (Lipinski definition) is 2. The molecule has 3 heterocycles. The number of hydrogen-bond acceptors (Lipinski definition) is 8. The number of carbonyl (C=O) groups excluding carboxylic acids is 2. The number of esters is 1.